The van der Waals surface area contributed by atoms with Crippen LogP contribution in [0.1, 0.15) is 59.3 Å². The van der Waals surface area contributed by atoms with Gasteiger partial charge in [-0.3, -0.25) is 9.59 Å². The third-order valence-corrected chi connectivity index (χ3v) is 5.64. The van der Waals surface area contributed by atoms with Gasteiger partial charge in [-0.05, 0) is 55.5 Å². The lowest BCUT2D eigenvalue weighted by atomic mass is 9.99. The maximum Gasteiger partial charge on any atom is 0.303 e. The largest absolute Gasteiger partial charge is 0.490 e. The van der Waals surface area contributed by atoms with E-state index in [1.54, 1.807) is 6.20 Å². The van der Waals surface area contributed by atoms with Gasteiger partial charge in [0.15, 0.2) is 5.78 Å². The van der Waals surface area contributed by atoms with Crippen molar-refractivity contribution in [1.82, 2.24) is 4.98 Å². The van der Waals surface area contributed by atoms with Crippen LogP contribution in [0.25, 0.3) is 0 Å². The number of aromatic nitrogens is 1. The van der Waals surface area contributed by atoms with Crippen LogP contribution in [0.3, 0.4) is 0 Å². The van der Waals surface area contributed by atoms with Crippen LogP contribution < -0.4 is 9.47 Å². The van der Waals surface area contributed by atoms with E-state index >= 15 is 0 Å². The summed E-state index contributed by atoms with van der Waals surface area (Å²) in [6, 6.07) is 16.8. The number of pyridine rings is 1. The lowest BCUT2D eigenvalue weighted by molar-refractivity contribution is -0.136. The summed E-state index contributed by atoms with van der Waals surface area (Å²) < 4.78 is 11.9. The first-order valence-corrected chi connectivity index (χ1v) is 11.6. The summed E-state index contributed by atoms with van der Waals surface area (Å²) in [6.07, 6.45) is 3.46. The molecule has 1 atom stereocenters. The molecule has 178 valence electrons. The minimum absolute atomic E-state index is 0.0583. The molecule has 0 aliphatic heterocycles. The Morgan fingerprint density at radius 3 is 2.53 bits per heavy atom. The van der Waals surface area contributed by atoms with Crippen LogP contribution in [0, 0.1) is 6.92 Å². The fourth-order valence-electron chi connectivity index (χ4n) is 3.57. The minimum Gasteiger partial charge on any atom is -0.490 e. The van der Waals surface area contributed by atoms with E-state index in [1.807, 2.05) is 68.4 Å². The number of carbonyl (C=O) groups is 2. The highest BCUT2D eigenvalue weighted by molar-refractivity contribution is 6.10. The van der Waals surface area contributed by atoms with Crippen molar-refractivity contribution in [2.45, 2.75) is 52.6 Å². The standard InChI is InChI=1S/C28H31NO5/c1-4-21-10-12-25(24(17-21)28(32)22-8-6-5-7-9-22)34-20(3)14-15-33-26-16-19(2)23(18-29-26)11-13-27(30)31/h5-10,12,16-18,20H,4,11,13-15H2,1-3H3,(H,30,31). The van der Waals surface area contributed by atoms with Crippen molar-refractivity contribution in [2.24, 2.45) is 0 Å². The van der Waals surface area contributed by atoms with Crippen molar-refractivity contribution < 1.29 is 24.2 Å². The third-order valence-electron chi connectivity index (χ3n) is 5.64. The first-order chi connectivity index (χ1) is 16.4. The van der Waals surface area contributed by atoms with Gasteiger partial charge in [-0.1, -0.05) is 43.3 Å². The van der Waals surface area contributed by atoms with E-state index in [1.165, 1.54) is 0 Å². The summed E-state index contributed by atoms with van der Waals surface area (Å²) in [4.78, 5) is 28.2. The summed E-state index contributed by atoms with van der Waals surface area (Å²) in [5.41, 5.74) is 4.13. The number of aryl methyl sites for hydroxylation is 3. The molecule has 0 bridgehead atoms. The van der Waals surface area contributed by atoms with Crippen LogP contribution in [0.15, 0.2) is 60.8 Å². The lowest BCUT2D eigenvalue weighted by Crippen LogP contribution is -2.18. The molecule has 1 unspecified atom stereocenters. The first-order valence-electron chi connectivity index (χ1n) is 11.6. The van der Waals surface area contributed by atoms with Gasteiger partial charge in [0.05, 0.1) is 18.3 Å². The number of benzene rings is 2. The molecule has 0 aliphatic carbocycles. The van der Waals surface area contributed by atoms with E-state index in [2.05, 4.69) is 11.9 Å². The second-order valence-electron chi connectivity index (χ2n) is 8.29. The molecule has 0 aliphatic rings. The van der Waals surface area contributed by atoms with E-state index in [9.17, 15) is 9.59 Å². The summed E-state index contributed by atoms with van der Waals surface area (Å²) >= 11 is 0. The highest BCUT2D eigenvalue weighted by Gasteiger charge is 2.17. The molecule has 6 nitrogen and oxygen atoms in total. The van der Waals surface area contributed by atoms with Crippen molar-refractivity contribution in [2.75, 3.05) is 6.61 Å². The molecule has 2 aromatic carbocycles. The van der Waals surface area contributed by atoms with Gasteiger partial charge in [-0.25, -0.2) is 4.98 Å². The lowest BCUT2D eigenvalue weighted by Gasteiger charge is -2.18. The molecule has 0 radical (unpaired) electrons. The maximum absolute atomic E-state index is 13.1. The second kappa shape index (κ2) is 12.0. The Bertz CT molecular complexity index is 1130. The Balaban J connectivity index is 1.61. The molecule has 0 fully saturated rings. The van der Waals surface area contributed by atoms with Crippen molar-refractivity contribution in [3.63, 3.8) is 0 Å². The van der Waals surface area contributed by atoms with Gasteiger partial charge in [-0.15, -0.1) is 0 Å². The van der Waals surface area contributed by atoms with Crippen LogP contribution in [0.5, 0.6) is 11.6 Å². The van der Waals surface area contributed by atoms with E-state index in [0.29, 0.717) is 42.2 Å². The predicted octanol–water partition coefficient (Wildman–Crippen LogP) is 5.44. The molecule has 0 amide bonds. The monoisotopic (exact) mass is 461 g/mol. The van der Waals surface area contributed by atoms with Crippen LogP contribution in [0.4, 0.5) is 0 Å². The number of carboxylic acid groups (broad SMARTS) is 1. The van der Waals surface area contributed by atoms with Crippen molar-refractivity contribution in [3.05, 3.63) is 88.6 Å². The molecule has 1 N–H and O–H groups in total. The number of carboxylic acids is 1. The first kappa shape index (κ1) is 25.0. The molecule has 3 aromatic rings. The normalized spacial score (nSPS) is 11.6. The second-order valence-corrected chi connectivity index (χ2v) is 8.29. The number of aliphatic carboxylic acids is 1. The molecule has 3 rings (SSSR count). The predicted molar refractivity (Wildman–Crippen MR) is 131 cm³/mol. The molecule has 6 heteroatoms. The summed E-state index contributed by atoms with van der Waals surface area (Å²) in [5, 5.41) is 8.85. The zero-order valence-corrected chi connectivity index (χ0v) is 19.9. The van der Waals surface area contributed by atoms with Gasteiger partial charge in [0.1, 0.15) is 5.75 Å². The van der Waals surface area contributed by atoms with Crippen LogP contribution in [-0.2, 0) is 17.6 Å². The third kappa shape index (κ3) is 6.91. The Morgan fingerprint density at radius 2 is 1.85 bits per heavy atom. The van der Waals surface area contributed by atoms with Gasteiger partial charge in [-0.2, -0.15) is 0 Å². The number of rotatable bonds is 12. The maximum atomic E-state index is 13.1. The zero-order chi connectivity index (χ0) is 24.5. The van der Waals surface area contributed by atoms with Crippen LogP contribution in [0.2, 0.25) is 0 Å². The Hall–Kier alpha value is -3.67. The number of nitrogens with zero attached hydrogens (tertiary/aromatic N) is 1. The van der Waals surface area contributed by atoms with E-state index in [4.69, 9.17) is 14.6 Å². The van der Waals surface area contributed by atoms with Gasteiger partial charge in [0, 0.05) is 30.7 Å². The van der Waals surface area contributed by atoms with Gasteiger partial charge < -0.3 is 14.6 Å². The molecule has 0 spiro atoms. The zero-order valence-electron chi connectivity index (χ0n) is 19.9. The fraction of sp³-hybridized carbons (Fsp3) is 0.321. The Labute approximate surface area is 200 Å². The Kier molecular flexibility index (Phi) is 8.79. The van der Waals surface area contributed by atoms with E-state index in [-0.39, 0.29) is 18.3 Å². The average molecular weight is 462 g/mol. The number of carbonyl (C=O) groups excluding carboxylic acids is 1. The summed E-state index contributed by atoms with van der Waals surface area (Å²) in [6.45, 7) is 6.32. The van der Waals surface area contributed by atoms with Crippen molar-refractivity contribution in [3.8, 4) is 11.6 Å². The number of ketones is 1. The molecule has 34 heavy (non-hydrogen) atoms. The minimum atomic E-state index is -0.827. The molecule has 0 saturated heterocycles. The van der Waals surface area contributed by atoms with E-state index in [0.717, 1.165) is 23.1 Å². The van der Waals surface area contributed by atoms with Crippen LogP contribution >= 0.6 is 0 Å². The number of hydrogen-bond donors (Lipinski definition) is 1. The van der Waals surface area contributed by atoms with Crippen molar-refractivity contribution >= 4 is 11.8 Å². The highest BCUT2D eigenvalue weighted by Crippen LogP contribution is 2.25. The molecule has 1 aromatic heterocycles. The SMILES string of the molecule is CCc1ccc(OC(C)CCOc2cc(C)c(CCC(=O)O)cn2)c(C(=O)c2ccccc2)c1. The van der Waals surface area contributed by atoms with E-state index < -0.39 is 5.97 Å². The molecule has 0 saturated carbocycles. The molecular weight excluding hydrogens is 430 g/mol. The molecular formula is C28H31NO5. The highest BCUT2D eigenvalue weighted by atomic mass is 16.5. The number of hydrogen-bond acceptors (Lipinski definition) is 5. The smallest absolute Gasteiger partial charge is 0.303 e. The Morgan fingerprint density at radius 1 is 1.09 bits per heavy atom. The quantitative estimate of drug-likeness (QED) is 0.362. The van der Waals surface area contributed by atoms with Crippen molar-refractivity contribution in [1.29, 1.82) is 0 Å². The summed E-state index contributed by atoms with van der Waals surface area (Å²) in [7, 11) is 0. The van der Waals surface area contributed by atoms with Gasteiger partial charge in [0.25, 0.3) is 0 Å². The topological polar surface area (TPSA) is 85.7 Å². The summed E-state index contributed by atoms with van der Waals surface area (Å²) in [5.74, 6) is 0.176. The fourth-order valence-corrected chi connectivity index (χ4v) is 3.57. The molecule has 1 heterocycles. The van der Waals surface area contributed by atoms with Crippen LogP contribution in [-0.4, -0.2) is 34.6 Å². The van der Waals surface area contributed by atoms with Gasteiger partial charge >= 0.3 is 5.97 Å². The average Bonchev–Trinajstić information content (AvgIpc) is 2.83. The van der Waals surface area contributed by atoms with Gasteiger partial charge in [0.2, 0.25) is 5.88 Å². The number of ether oxygens (including phenoxy) is 2.